The number of hydrogen-bond acceptors (Lipinski definition) is 1. The third kappa shape index (κ3) is 2.40. The maximum Gasteiger partial charge on any atom is 0.0934 e. The van der Waals surface area contributed by atoms with E-state index in [1.807, 2.05) is 12.3 Å². The van der Waals surface area contributed by atoms with Gasteiger partial charge in [0.05, 0.1) is 12.5 Å². The molecule has 0 spiro atoms. The first-order chi connectivity index (χ1) is 5.50. The Morgan fingerprint density at radius 1 is 1.42 bits per heavy atom. The van der Waals surface area contributed by atoms with Gasteiger partial charge in [0.1, 0.15) is 0 Å². The van der Waals surface area contributed by atoms with Crippen molar-refractivity contribution < 1.29 is 4.42 Å². The van der Waals surface area contributed by atoms with Crippen molar-refractivity contribution in [2.75, 3.05) is 0 Å². The van der Waals surface area contributed by atoms with Crippen molar-refractivity contribution in [2.24, 2.45) is 11.3 Å². The first kappa shape index (κ1) is 9.37. The largest absolute Gasteiger partial charge is 0.472 e. The highest BCUT2D eigenvalue weighted by molar-refractivity contribution is 5.06. The van der Waals surface area contributed by atoms with Crippen molar-refractivity contribution in [1.82, 2.24) is 0 Å². The molecule has 0 amide bonds. The molecule has 1 heterocycles. The summed E-state index contributed by atoms with van der Waals surface area (Å²) < 4.78 is 5.03. The Balaban J connectivity index is 2.53. The molecular weight excluding hydrogens is 148 g/mol. The first-order valence-corrected chi connectivity index (χ1v) is 4.51. The van der Waals surface area contributed by atoms with Gasteiger partial charge in [-0.1, -0.05) is 27.7 Å². The minimum absolute atomic E-state index is 0.386. The van der Waals surface area contributed by atoms with Crippen LogP contribution in [-0.2, 0) is 6.42 Å². The van der Waals surface area contributed by atoms with Crippen LogP contribution in [0.25, 0.3) is 0 Å². The van der Waals surface area contributed by atoms with Crippen molar-refractivity contribution in [2.45, 2.75) is 34.1 Å². The molecule has 0 N–H and O–H groups in total. The highest BCUT2D eigenvalue weighted by Gasteiger charge is 2.20. The van der Waals surface area contributed by atoms with Crippen molar-refractivity contribution in [1.29, 1.82) is 0 Å². The van der Waals surface area contributed by atoms with E-state index in [4.69, 9.17) is 4.42 Å². The molecule has 12 heavy (non-hydrogen) atoms. The van der Waals surface area contributed by atoms with E-state index < -0.39 is 0 Å². The van der Waals surface area contributed by atoms with Crippen molar-refractivity contribution >= 4 is 0 Å². The molecule has 0 aliphatic carbocycles. The molecule has 1 heteroatoms. The Morgan fingerprint density at radius 3 is 2.50 bits per heavy atom. The standard InChI is InChI=1S/C11H18O/c1-9(11(2,3)4)7-10-5-6-12-8-10/h5-6,8-9H,7H2,1-4H3. The fourth-order valence-corrected chi connectivity index (χ4v) is 1.07. The first-order valence-electron chi connectivity index (χ1n) is 4.51. The second-order valence-electron chi connectivity index (χ2n) is 4.60. The summed E-state index contributed by atoms with van der Waals surface area (Å²) in [5, 5.41) is 0. The van der Waals surface area contributed by atoms with Gasteiger partial charge in [-0.15, -0.1) is 0 Å². The molecular formula is C11H18O. The molecule has 1 atom stereocenters. The molecule has 1 nitrogen and oxygen atoms in total. The van der Waals surface area contributed by atoms with Crippen LogP contribution in [0, 0.1) is 11.3 Å². The Bertz CT molecular complexity index is 216. The Morgan fingerprint density at radius 2 is 2.08 bits per heavy atom. The summed E-state index contributed by atoms with van der Waals surface area (Å²) >= 11 is 0. The molecule has 0 aliphatic rings. The van der Waals surface area contributed by atoms with E-state index in [-0.39, 0.29) is 0 Å². The molecule has 0 aromatic carbocycles. The van der Waals surface area contributed by atoms with Gasteiger partial charge in [-0.25, -0.2) is 0 Å². The van der Waals surface area contributed by atoms with Crippen LogP contribution in [0.4, 0.5) is 0 Å². The van der Waals surface area contributed by atoms with Crippen LogP contribution in [0.3, 0.4) is 0 Å². The van der Waals surface area contributed by atoms with Crippen LogP contribution in [0.2, 0.25) is 0 Å². The van der Waals surface area contributed by atoms with Gasteiger partial charge >= 0.3 is 0 Å². The summed E-state index contributed by atoms with van der Waals surface area (Å²) in [6.07, 6.45) is 4.69. The van der Waals surface area contributed by atoms with E-state index in [0.717, 1.165) is 6.42 Å². The van der Waals surface area contributed by atoms with Crippen LogP contribution in [0.15, 0.2) is 23.0 Å². The maximum absolute atomic E-state index is 5.03. The van der Waals surface area contributed by atoms with Crippen molar-refractivity contribution in [3.05, 3.63) is 24.2 Å². The summed E-state index contributed by atoms with van der Waals surface area (Å²) in [7, 11) is 0. The third-order valence-electron chi connectivity index (χ3n) is 2.60. The minimum atomic E-state index is 0.386. The molecule has 0 aliphatic heterocycles. The van der Waals surface area contributed by atoms with Crippen molar-refractivity contribution in [3.63, 3.8) is 0 Å². The topological polar surface area (TPSA) is 13.1 Å². The van der Waals surface area contributed by atoms with Crippen LogP contribution in [0.1, 0.15) is 33.3 Å². The fourth-order valence-electron chi connectivity index (χ4n) is 1.07. The molecule has 0 radical (unpaired) electrons. The number of furan rings is 1. The predicted molar refractivity (Wildman–Crippen MR) is 51.0 cm³/mol. The Kier molecular flexibility index (Phi) is 2.61. The number of rotatable bonds is 2. The lowest BCUT2D eigenvalue weighted by Crippen LogP contribution is -2.19. The molecule has 0 saturated carbocycles. The van der Waals surface area contributed by atoms with Gasteiger partial charge in [0, 0.05) is 0 Å². The smallest absolute Gasteiger partial charge is 0.0934 e. The van der Waals surface area contributed by atoms with Gasteiger partial charge < -0.3 is 4.42 Å². The van der Waals surface area contributed by atoms with E-state index in [1.165, 1.54) is 5.56 Å². The van der Waals surface area contributed by atoms with Gasteiger partial charge in [-0.05, 0) is 29.4 Å². The van der Waals surface area contributed by atoms with E-state index in [1.54, 1.807) is 6.26 Å². The van der Waals surface area contributed by atoms with E-state index in [2.05, 4.69) is 27.7 Å². The summed E-state index contributed by atoms with van der Waals surface area (Å²) in [5.41, 5.74) is 1.69. The van der Waals surface area contributed by atoms with Crippen LogP contribution in [-0.4, -0.2) is 0 Å². The van der Waals surface area contributed by atoms with Gasteiger partial charge in [-0.2, -0.15) is 0 Å². The van der Waals surface area contributed by atoms with Crippen LogP contribution in [0.5, 0.6) is 0 Å². The second kappa shape index (κ2) is 3.34. The average molecular weight is 166 g/mol. The molecule has 0 fully saturated rings. The summed E-state index contributed by atoms with van der Waals surface area (Å²) in [6.45, 7) is 9.11. The normalized spacial score (nSPS) is 14.7. The van der Waals surface area contributed by atoms with Gasteiger partial charge in [0.2, 0.25) is 0 Å². The molecule has 1 aromatic heterocycles. The quantitative estimate of drug-likeness (QED) is 0.655. The number of hydrogen-bond donors (Lipinski definition) is 0. The Labute approximate surface area is 74.8 Å². The monoisotopic (exact) mass is 166 g/mol. The van der Waals surface area contributed by atoms with Crippen LogP contribution >= 0.6 is 0 Å². The minimum Gasteiger partial charge on any atom is -0.472 e. The van der Waals surface area contributed by atoms with E-state index in [9.17, 15) is 0 Å². The third-order valence-corrected chi connectivity index (χ3v) is 2.60. The maximum atomic E-state index is 5.03. The highest BCUT2D eigenvalue weighted by Crippen LogP contribution is 2.28. The van der Waals surface area contributed by atoms with Crippen LogP contribution < -0.4 is 0 Å². The predicted octanol–water partition coefficient (Wildman–Crippen LogP) is 3.50. The molecule has 68 valence electrons. The molecule has 0 bridgehead atoms. The molecule has 1 unspecified atom stereocenters. The zero-order valence-electron chi connectivity index (χ0n) is 8.42. The Hall–Kier alpha value is -0.720. The molecule has 0 saturated heterocycles. The lowest BCUT2D eigenvalue weighted by atomic mass is 9.79. The summed E-state index contributed by atoms with van der Waals surface area (Å²) in [5.74, 6) is 0.690. The average Bonchev–Trinajstić information content (AvgIpc) is 2.37. The van der Waals surface area contributed by atoms with Crippen molar-refractivity contribution in [3.8, 4) is 0 Å². The summed E-state index contributed by atoms with van der Waals surface area (Å²) in [6, 6.07) is 2.04. The van der Waals surface area contributed by atoms with E-state index >= 15 is 0 Å². The second-order valence-corrected chi connectivity index (χ2v) is 4.60. The SMILES string of the molecule is CC(Cc1ccoc1)C(C)(C)C. The lowest BCUT2D eigenvalue weighted by molar-refractivity contribution is 0.260. The van der Waals surface area contributed by atoms with Gasteiger partial charge in [0.25, 0.3) is 0 Å². The zero-order chi connectivity index (χ0) is 9.19. The highest BCUT2D eigenvalue weighted by atomic mass is 16.3. The zero-order valence-corrected chi connectivity index (χ0v) is 8.42. The summed E-state index contributed by atoms with van der Waals surface area (Å²) in [4.78, 5) is 0. The molecule has 1 rings (SSSR count). The fraction of sp³-hybridized carbons (Fsp3) is 0.636. The van der Waals surface area contributed by atoms with Gasteiger partial charge in [-0.3, -0.25) is 0 Å². The lowest BCUT2D eigenvalue weighted by Gasteiger charge is -2.26. The van der Waals surface area contributed by atoms with Gasteiger partial charge in [0.15, 0.2) is 0 Å². The molecule has 1 aromatic rings. The van der Waals surface area contributed by atoms with E-state index in [0.29, 0.717) is 11.3 Å².